The minimum Gasteiger partial charge on any atom is -0.394 e. The van der Waals surface area contributed by atoms with Gasteiger partial charge in [0.1, 0.15) is 5.01 Å². The van der Waals surface area contributed by atoms with E-state index in [1.54, 1.807) is 0 Å². The summed E-state index contributed by atoms with van der Waals surface area (Å²) in [6, 6.07) is 7.52. The third-order valence-electron chi connectivity index (χ3n) is 4.57. The molecule has 2 aromatic rings. The summed E-state index contributed by atoms with van der Waals surface area (Å²) in [5.74, 6) is -0.513. The van der Waals surface area contributed by atoms with Crippen LogP contribution in [0.25, 0.3) is 0 Å². The number of aromatic nitrogens is 2. The third kappa shape index (κ3) is 5.21. The van der Waals surface area contributed by atoms with Gasteiger partial charge in [-0.05, 0) is 41.7 Å². The maximum absolute atomic E-state index is 12.6. The van der Waals surface area contributed by atoms with Gasteiger partial charge in [-0.2, -0.15) is 0 Å². The molecule has 4 N–H and O–H groups in total. The van der Waals surface area contributed by atoms with E-state index in [9.17, 15) is 9.90 Å². The predicted octanol–water partition coefficient (Wildman–Crippen LogP) is 4.09. The van der Waals surface area contributed by atoms with Gasteiger partial charge in [-0.1, -0.05) is 60.5 Å². The lowest BCUT2D eigenvalue weighted by molar-refractivity contribution is -0.117. The van der Waals surface area contributed by atoms with Crippen LogP contribution >= 0.6 is 23.1 Å². The number of allylic oxidation sites excluding steroid dienone is 1. The molecule has 0 aliphatic heterocycles. The van der Waals surface area contributed by atoms with Gasteiger partial charge >= 0.3 is 0 Å². The molecule has 6 nitrogen and oxygen atoms in total. The van der Waals surface area contributed by atoms with E-state index >= 15 is 0 Å². The second-order valence-corrected chi connectivity index (χ2v) is 9.11. The molecule has 0 bridgehead atoms. The lowest BCUT2D eigenvalue weighted by Crippen LogP contribution is -2.19. The number of aliphatic hydroxyl groups excluding tert-OH is 1. The molecule has 1 aliphatic rings. The lowest BCUT2D eigenvalue weighted by Gasteiger charge is -2.09. The maximum Gasteiger partial charge on any atom is 0.233 e. The topological polar surface area (TPSA) is 101 Å². The molecule has 2 atom stereocenters. The molecule has 0 radical (unpaired) electrons. The number of amides is 1. The van der Waals surface area contributed by atoms with Crippen LogP contribution in [-0.2, 0) is 11.2 Å². The van der Waals surface area contributed by atoms with Crippen molar-refractivity contribution in [1.82, 2.24) is 10.2 Å². The number of rotatable bonds is 9. The van der Waals surface area contributed by atoms with Crippen LogP contribution in [-0.4, -0.2) is 21.2 Å². The molecule has 0 fully saturated rings. The fourth-order valence-electron chi connectivity index (χ4n) is 3.29. The Labute approximate surface area is 172 Å². The van der Waals surface area contributed by atoms with Crippen LogP contribution in [0.4, 0.5) is 5.13 Å². The standard InChI is InChI=1S/C20H24N4O2S2/c1-12(27-13(2)21)7-3-6-10-18-23-24-20(28-18)22-19(26)16-11-17(25)15-9-5-4-8-14(15)16/h4-5,8-9,16-17,25H,1-3,6-7,10-11,21H2,(H,22,24,26). The molecule has 0 spiro atoms. The molecule has 0 saturated heterocycles. The van der Waals surface area contributed by atoms with Crippen LogP contribution in [0, 0.1) is 0 Å². The highest BCUT2D eigenvalue weighted by molar-refractivity contribution is 8.06. The number of carbonyl (C=O) groups is 1. The van der Waals surface area contributed by atoms with Gasteiger partial charge in [0.25, 0.3) is 0 Å². The molecule has 1 amide bonds. The van der Waals surface area contributed by atoms with Crippen LogP contribution in [0.5, 0.6) is 0 Å². The van der Waals surface area contributed by atoms with E-state index in [-0.39, 0.29) is 11.8 Å². The van der Waals surface area contributed by atoms with E-state index in [1.807, 2.05) is 24.3 Å². The molecular formula is C20H24N4O2S2. The molecule has 1 heterocycles. The highest BCUT2D eigenvalue weighted by atomic mass is 32.2. The first-order valence-corrected chi connectivity index (χ1v) is 10.8. The van der Waals surface area contributed by atoms with E-state index < -0.39 is 6.10 Å². The fourth-order valence-corrected chi connectivity index (χ4v) is 4.69. The summed E-state index contributed by atoms with van der Waals surface area (Å²) >= 11 is 2.81. The molecule has 8 heteroatoms. The SMILES string of the molecule is C=C(N)SC(=C)CCCCc1nnc(NC(=O)C2CC(O)c3ccccc32)s1. The Balaban J connectivity index is 1.48. The number of hydrogen-bond donors (Lipinski definition) is 3. The van der Waals surface area contributed by atoms with Crippen molar-refractivity contribution in [2.24, 2.45) is 5.73 Å². The van der Waals surface area contributed by atoms with Crippen molar-refractivity contribution < 1.29 is 9.90 Å². The highest BCUT2D eigenvalue weighted by Crippen LogP contribution is 2.40. The largest absolute Gasteiger partial charge is 0.394 e. The summed E-state index contributed by atoms with van der Waals surface area (Å²) in [7, 11) is 0. The zero-order valence-electron chi connectivity index (χ0n) is 15.6. The number of aryl methyl sites for hydroxylation is 1. The number of benzene rings is 1. The van der Waals surface area contributed by atoms with Gasteiger partial charge in [0.15, 0.2) is 0 Å². The number of thioether (sulfide) groups is 1. The Morgan fingerprint density at radius 2 is 2.04 bits per heavy atom. The average molecular weight is 417 g/mol. The molecule has 1 aliphatic carbocycles. The van der Waals surface area contributed by atoms with Crippen molar-refractivity contribution in [3.63, 3.8) is 0 Å². The van der Waals surface area contributed by atoms with Crippen molar-refractivity contribution in [1.29, 1.82) is 0 Å². The first kappa shape index (κ1) is 20.6. The molecule has 1 aromatic heterocycles. The van der Waals surface area contributed by atoms with Gasteiger partial charge in [-0.3, -0.25) is 10.1 Å². The number of aliphatic hydroxyl groups is 1. The molecule has 3 rings (SSSR count). The number of unbranched alkanes of at least 4 members (excludes halogenated alkanes) is 1. The number of nitrogens with zero attached hydrogens (tertiary/aromatic N) is 2. The molecule has 1 aromatic carbocycles. The number of nitrogens with one attached hydrogen (secondary N) is 1. The average Bonchev–Trinajstić information content (AvgIpc) is 3.23. The minimum absolute atomic E-state index is 0.151. The van der Waals surface area contributed by atoms with Crippen LogP contribution < -0.4 is 11.1 Å². The van der Waals surface area contributed by atoms with Crippen LogP contribution in [0.15, 0.2) is 47.4 Å². The second-order valence-electron chi connectivity index (χ2n) is 6.74. The van der Waals surface area contributed by atoms with Crippen molar-refractivity contribution in [2.75, 3.05) is 5.32 Å². The first-order valence-electron chi connectivity index (χ1n) is 9.14. The normalized spacial score (nSPS) is 17.9. The molecular weight excluding hydrogens is 392 g/mol. The summed E-state index contributed by atoms with van der Waals surface area (Å²) in [6.07, 6.45) is 3.43. The van der Waals surface area contributed by atoms with Gasteiger partial charge < -0.3 is 10.8 Å². The smallest absolute Gasteiger partial charge is 0.233 e. The molecule has 0 saturated carbocycles. The summed E-state index contributed by atoms with van der Waals surface area (Å²) in [6.45, 7) is 7.62. The fraction of sp³-hybridized carbons (Fsp3) is 0.350. The van der Waals surface area contributed by atoms with Gasteiger partial charge in [0, 0.05) is 6.42 Å². The Morgan fingerprint density at radius 1 is 1.29 bits per heavy atom. The molecule has 28 heavy (non-hydrogen) atoms. The Hall–Kier alpha value is -2.16. The first-order chi connectivity index (χ1) is 13.4. The van der Waals surface area contributed by atoms with Crippen molar-refractivity contribution in [2.45, 2.75) is 44.1 Å². The van der Waals surface area contributed by atoms with E-state index in [2.05, 4.69) is 28.7 Å². The van der Waals surface area contributed by atoms with Crippen LogP contribution in [0.3, 0.4) is 0 Å². The van der Waals surface area contributed by atoms with Crippen molar-refractivity contribution in [3.8, 4) is 0 Å². The van der Waals surface area contributed by atoms with Crippen molar-refractivity contribution in [3.05, 3.63) is 63.5 Å². The minimum atomic E-state index is -0.596. The number of carbonyl (C=O) groups excluding carboxylic acids is 1. The van der Waals surface area contributed by atoms with Gasteiger partial charge in [-0.15, -0.1) is 10.2 Å². The van der Waals surface area contributed by atoms with E-state index in [0.717, 1.165) is 46.7 Å². The van der Waals surface area contributed by atoms with E-state index in [4.69, 9.17) is 5.73 Å². The molecule has 2 unspecified atom stereocenters. The monoisotopic (exact) mass is 416 g/mol. The maximum atomic E-state index is 12.6. The van der Waals surface area contributed by atoms with E-state index in [1.165, 1.54) is 23.1 Å². The Kier molecular flexibility index (Phi) is 6.88. The summed E-state index contributed by atoms with van der Waals surface area (Å²) in [4.78, 5) is 13.7. The third-order valence-corrected chi connectivity index (χ3v) is 6.23. The number of fused-ring (bicyclic) bond motifs is 1. The summed E-state index contributed by atoms with van der Waals surface area (Å²) < 4.78 is 0. The number of anilines is 1. The number of nitrogens with two attached hydrogens (primary N) is 1. The van der Waals surface area contributed by atoms with Gasteiger partial charge in [0.2, 0.25) is 11.0 Å². The zero-order chi connectivity index (χ0) is 20.1. The zero-order valence-corrected chi connectivity index (χ0v) is 17.2. The number of hydrogen-bond acceptors (Lipinski definition) is 7. The lowest BCUT2D eigenvalue weighted by atomic mass is 10.0. The van der Waals surface area contributed by atoms with Crippen molar-refractivity contribution >= 4 is 34.1 Å². The predicted molar refractivity (Wildman–Crippen MR) is 115 cm³/mol. The van der Waals surface area contributed by atoms with E-state index in [0.29, 0.717) is 16.6 Å². The van der Waals surface area contributed by atoms with Gasteiger partial charge in [0.05, 0.1) is 17.1 Å². The van der Waals surface area contributed by atoms with Gasteiger partial charge in [-0.25, -0.2) is 0 Å². The van der Waals surface area contributed by atoms with Crippen LogP contribution in [0.2, 0.25) is 0 Å². The quantitative estimate of drug-likeness (QED) is 0.532. The summed E-state index contributed by atoms with van der Waals surface area (Å²) in [5.41, 5.74) is 7.27. The highest BCUT2D eigenvalue weighted by Gasteiger charge is 2.34. The molecule has 148 valence electrons. The van der Waals surface area contributed by atoms with Crippen LogP contribution in [0.1, 0.15) is 53.8 Å². The summed E-state index contributed by atoms with van der Waals surface area (Å²) in [5, 5.41) is 23.2. The Bertz CT molecular complexity index is 881. The Morgan fingerprint density at radius 3 is 2.79 bits per heavy atom. The second kappa shape index (κ2) is 9.36.